The maximum atomic E-state index is 5.89. The Morgan fingerprint density at radius 2 is 2.29 bits per heavy atom. The van der Waals surface area contributed by atoms with E-state index in [4.69, 9.17) is 28.6 Å². The second kappa shape index (κ2) is 7.48. The molecule has 1 aromatic carbocycles. The molecule has 1 aromatic rings. The third-order valence-electron chi connectivity index (χ3n) is 2.14. The molecule has 5 heteroatoms. The minimum atomic E-state index is 0.194. The van der Waals surface area contributed by atoms with Crippen LogP contribution in [-0.2, 0) is 11.3 Å². The van der Waals surface area contributed by atoms with Gasteiger partial charge >= 0.3 is 0 Å². The van der Waals surface area contributed by atoms with E-state index in [9.17, 15) is 0 Å². The number of methoxy groups -OCH3 is 1. The zero-order valence-electron chi connectivity index (χ0n) is 10.00. The van der Waals surface area contributed by atoms with Crippen molar-refractivity contribution in [3.8, 4) is 0 Å². The van der Waals surface area contributed by atoms with E-state index in [0.29, 0.717) is 18.3 Å². The van der Waals surface area contributed by atoms with Crippen molar-refractivity contribution in [2.75, 3.05) is 13.7 Å². The summed E-state index contributed by atoms with van der Waals surface area (Å²) >= 11 is 11.1. The molecule has 3 nitrogen and oxygen atoms in total. The second-order valence-electron chi connectivity index (χ2n) is 3.81. The van der Waals surface area contributed by atoms with Gasteiger partial charge in [-0.1, -0.05) is 23.7 Å². The fraction of sp³-hybridized carbons (Fsp3) is 0.417. The molecule has 0 spiro atoms. The fourth-order valence-electron chi connectivity index (χ4n) is 1.40. The maximum Gasteiger partial charge on any atom is 0.166 e. The van der Waals surface area contributed by atoms with Crippen LogP contribution in [0.4, 0.5) is 0 Å². The summed E-state index contributed by atoms with van der Waals surface area (Å²) < 4.78 is 5.02. The highest BCUT2D eigenvalue weighted by molar-refractivity contribution is 7.80. The summed E-state index contributed by atoms with van der Waals surface area (Å²) in [7, 11) is 1.67. The Labute approximate surface area is 112 Å². The highest BCUT2D eigenvalue weighted by Gasteiger charge is 2.03. The van der Waals surface area contributed by atoms with Gasteiger partial charge in [-0.05, 0) is 36.8 Å². The van der Waals surface area contributed by atoms with Crippen LogP contribution in [0.15, 0.2) is 24.3 Å². The number of ether oxygens (including phenoxy) is 1. The molecular formula is C12H17ClN2OS. The van der Waals surface area contributed by atoms with Crippen molar-refractivity contribution in [1.82, 2.24) is 10.6 Å². The van der Waals surface area contributed by atoms with E-state index < -0.39 is 0 Å². The van der Waals surface area contributed by atoms with Gasteiger partial charge < -0.3 is 15.4 Å². The van der Waals surface area contributed by atoms with Crippen LogP contribution in [0.5, 0.6) is 0 Å². The van der Waals surface area contributed by atoms with Gasteiger partial charge in [0.05, 0.1) is 6.61 Å². The lowest BCUT2D eigenvalue weighted by molar-refractivity contribution is 0.179. The molecule has 0 aliphatic heterocycles. The van der Waals surface area contributed by atoms with Gasteiger partial charge in [-0.3, -0.25) is 0 Å². The van der Waals surface area contributed by atoms with Gasteiger partial charge in [-0.25, -0.2) is 0 Å². The van der Waals surface area contributed by atoms with Crippen molar-refractivity contribution in [1.29, 1.82) is 0 Å². The van der Waals surface area contributed by atoms with Crippen LogP contribution in [0, 0.1) is 0 Å². The lowest BCUT2D eigenvalue weighted by Crippen LogP contribution is -2.42. The van der Waals surface area contributed by atoms with E-state index in [2.05, 4.69) is 10.6 Å². The van der Waals surface area contributed by atoms with Crippen LogP contribution in [0.2, 0.25) is 5.02 Å². The van der Waals surface area contributed by atoms with Crippen molar-refractivity contribution in [2.24, 2.45) is 0 Å². The Bertz CT molecular complexity index is 373. The molecule has 0 aliphatic carbocycles. The molecule has 0 aromatic heterocycles. The Morgan fingerprint density at radius 3 is 2.94 bits per heavy atom. The number of thiocarbonyl (C=S) groups is 1. The fourth-order valence-corrected chi connectivity index (χ4v) is 1.88. The lowest BCUT2D eigenvalue weighted by Gasteiger charge is -2.16. The SMILES string of the molecule is COCC(C)NC(=S)NCc1cccc(Cl)c1. The Morgan fingerprint density at radius 1 is 1.53 bits per heavy atom. The normalized spacial score (nSPS) is 11.9. The first-order valence-corrected chi connectivity index (χ1v) is 6.18. The van der Waals surface area contributed by atoms with Crippen LogP contribution in [0.3, 0.4) is 0 Å². The number of halogens is 1. The van der Waals surface area contributed by atoms with Gasteiger partial charge in [-0.2, -0.15) is 0 Å². The number of rotatable bonds is 5. The molecule has 1 rings (SSSR count). The topological polar surface area (TPSA) is 33.3 Å². The molecule has 0 saturated carbocycles. The third kappa shape index (κ3) is 5.86. The van der Waals surface area contributed by atoms with Crippen molar-refractivity contribution < 1.29 is 4.74 Å². The van der Waals surface area contributed by atoms with Crippen LogP contribution >= 0.6 is 23.8 Å². The molecule has 0 heterocycles. The standard InChI is InChI=1S/C12H17ClN2OS/c1-9(8-16-2)15-12(17)14-7-10-4-3-5-11(13)6-10/h3-6,9H,7-8H2,1-2H3,(H2,14,15,17). The Hall–Kier alpha value is -0.840. The summed E-state index contributed by atoms with van der Waals surface area (Å²) in [6.07, 6.45) is 0. The number of nitrogens with one attached hydrogen (secondary N) is 2. The zero-order chi connectivity index (χ0) is 12.7. The number of hydrogen-bond donors (Lipinski definition) is 2. The summed E-state index contributed by atoms with van der Waals surface area (Å²) in [5.41, 5.74) is 1.10. The second-order valence-corrected chi connectivity index (χ2v) is 4.66. The molecule has 0 amide bonds. The summed E-state index contributed by atoms with van der Waals surface area (Å²) in [6, 6.07) is 7.88. The summed E-state index contributed by atoms with van der Waals surface area (Å²) in [4.78, 5) is 0. The van der Waals surface area contributed by atoms with E-state index in [0.717, 1.165) is 10.6 Å². The third-order valence-corrected chi connectivity index (χ3v) is 2.63. The van der Waals surface area contributed by atoms with Gasteiger partial charge in [0.2, 0.25) is 0 Å². The van der Waals surface area contributed by atoms with Crippen molar-refractivity contribution in [2.45, 2.75) is 19.5 Å². The van der Waals surface area contributed by atoms with Gasteiger partial charge in [0.25, 0.3) is 0 Å². The predicted molar refractivity (Wildman–Crippen MR) is 75.4 cm³/mol. The predicted octanol–water partition coefficient (Wildman–Crippen LogP) is 2.34. The van der Waals surface area contributed by atoms with Crippen molar-refractivity contribution >= 4 is 28.9 Å². The smallest absolute Gasteiger partial charge is 0.166 e. The van der Waals surface area contributed by atoms with Gasteiger partial charge in [-0.15, -0.1) is 0 Å². The first-order valence-electron chi connectivity index (χ1n) is 5.39. The molecule has 0 saturated heterocycles. The maximum absolute atomic E-state index is 5.89. The van der Waals surface area contributed by atoms with Crippen molar-refractivity contribution in [3.63, 3.8) is 0 Å². The average Bonchev–Trinajstić information content (AvgIpc) is 2.27. The van der Waals surface area contributed by atoms with E-state index >= 15 is 0 Å². The number of hydrogen-bond acceptors (Lipinski definition) is 2. The summed E-state index contributed by atoms with van der Waals surface area (Å²) in [5, 5.41) is 7.60. The molecule has 2 N–H and O–H groups in total. The monoisotopic (exact) mass is 272 g/mol. The van der Waals surface area contributed by atoms with Crippen LogP contribution < -0.4 is 10.6 Å². The zero-order valence-corrected chi connectivity index (χ0v) is 11.6. The molecule has 17 heavy (non-hydrogen) atoms. The average molecular weight is 273 g/mol. The molecular weight excluding hydrogens is 256 g/mol. The van der Waals surface area contributed by atoms with Gasteiger partial charge in [0.1, 0.15) is 0 Å². The first kappa shape index (κ1) is 14.2. The largest absolute Gasteiger partial charge is 0.383 e. The molecule has 0 bridgehead atoms. The Balaban J connectivity index is 2.33. The van der Waals surface area contributed by atoms with E-state index in [1.165, 1.54) is 0 Å². The first-order chi connectivity index (χ1) is 8.11. The van der Waals surface area contributed by atoms with E-state index in [1.54, 1.807) is 7.11 Å². The minimum Gasteiger partial charge on any atom is -0.383 e. The molecule has 1 atom stereocenters. The molecule has 0 fully saturated rings. The van der Waals surface area contributed by atoms with E-state index in [-0.39, 0.29) is 6.04 Å². The summed E-state index contributed by atoms with van der Waals surface area (Å²) in [5.74, 6) is 0. The molecule has 94 valence electrons. The van der Waals surface area contributed by atoms with Crippen LogP contribution in [0.25, 0.3) is 0 Å². The number of benzene rings is 1. The Kier molecular flexibility index (Phi) is 6.26. The lowest BCUT2D eigenvalue weighted by atomic mass is 10.2. The minimum absolute atomic E-state index is 0.194. The van der Waals surface area contributed by atoms with Crippen molar-refractivity contribution in [3.05, 3.63) is 34.9 Å². The highest BCUT2D eigenvalue weighted by Crippen LogP contribution is 2.10. The molecule has 1 unspecified atom stereocenters. The molecule has 0 aliphatic rings. The van der Waals surface area contributed by atoms with Gasteiger partial charge in [0.15, 0.2) is 5.11 Å². The van der Waals surface area contributed by atoms with Crippen LogP contribution in [0.1, 0.15) is 12.5 Å². The van der Waals surface area contributed by atoms with Gasteiger partial charge in [0, 0.05) is 24.7 Å². The molecule has 0 radical (unpaired) electrons. The summed E-state index contributed by atoms with van der Waals surface area (Å²) in [6.45, 7) is 3.29. The van der Waals surface area contributed by atoms with E-state index in [1.807, 2.05) is 31.2 Å². The highest BCUT2D eigenvalue weighted by atomic mass is 35.5. The van der Waals surface area contributed by atoms with Crippen LogP contribution in [-0.4, -0.2) is 24.9 Å². The quantitative estimate of drug-likeness (QED) is 0.806.